The maximum atomic E-state index is 12.6. The summed E-state index contributed by atoms with van der Waals surface area (Å²) in [6.45, 7) is 5.62. The number of nitrogens with one attached hydrogen (secondary N) is 1. The summed E-state index contributed by atoms with van der Waals surface area (Å²) < 4.78 is 7.10. The summed E-state index contributed by atoms with van der Waals surface area (Å²) >= 11 is 6.40. The van der Waals surface area contributed by atoms with Crippen LogP contribution in [0.3, 0.4) is 0 Å². The number of hydrogen-bond donors (Lipinski definition) is 1. The molecule has 3 rings (SSSR count). The molecule has 0 radical (unpaired) electrons. The van der Waals surface area contributed by atoms with Crippen LogP contribution in [0.5, 0.6) is 5.75 Å². The van der Waals surface area contributed by atoms with Crippen LogP contribution in [0.2, 0.25) is 5.02 Å². The molecule has 1 aliphatic rings. The van der Waals surface area contributed by atoms with Gasteiger partial charge in [-0.25, -0.2) is 0 Å². The highest BCUT2D eigenvalue weighted by Gasteiger charge is 2.23. The lowest BCUT2D eigenvalue weighted by Gasteiger charge is -2.34. The normalized spacial score (nSPS) is 13.9. The number of methoxy groups -OCH3 is 1. The summed E-state index contributed by atoms with van der Waals surface area (Å²) in [6.07, 6.45) is 4.89. The maximum absolute atomic E-state index is 12.6. The van der Waals surface area contributed by atoms with Gasteiger partial charge in [0.25, 0.3) is 0 Å². The average molecular weight is 418 g/mol. The molecule has 1 saturated heterocycles. The minimum absolute atomic E-state index is 0.0457. The van der Waals surface area contributed by atoms with Crippen molar-refractivity contribution in [2.45, 2.75) is 0 Å². The summed E-state index contributed by atoms with van der Waals surface area (Å²) in [4.78, 5) is 27.7. The molecule has 154 valence electrons. The van der Waals surface area contributed by atoms with Crippen molar-refractivity contribution in [3.8, 4) is 16.9 Å². The molecule has 0 saturated carbocycles. The zero-order valence-electron chi connectivity index (χ0n) is 16.5. The van der Waals surface area contributed by atoms with Gasteiger partial charge in [0, 0.05) is 56.6 Å². The number of piperazine rings is 1. The second kappa shape index (κ2) is 9.00. The first kappa shape index (κ1) is 20.7. The summed E-state index contributed by atoms with van der Waals surface area (Å²) in [6, 6.07) is 3.57. The summed E-state index contributed by atoms with van der Waals surface area (Å²) in [5, 5.41) is 7.87. The quantitative estimate of drug-likeness (QED) is 0.727. The molecule has 1 aromatic heterocycles. The van der Waals surface area contributed by atoms with Crippen LogP contribution in [-0.4, -0.2) is 71.2 Å². The van der Waals surface area contributed by atoms with Crippen LogP contribution < -0.4 is 10.1 Å². The van der Waals surface area contributed by atoms with Crippen LogP contribution in [0.15, 0.2) is 37.2 Å². The predicted molar refractivity (Wildman–Crippen MR) is 112 cm³/mol. The fourth-order valence-electron chi connectivity index (χ4n) is 3.23. The van der Waals surface area contributed by atoms with Crippen molar-refractivity contribution in [3.63, 3.8) is 0 Å². The maximum Gasteiger partial charge on any atom is 0.246 e. The molecule has 1 aromatic carbocycles. The molecule has 8 nitrogen and oxygen atoms in total. The molecular weight excluding hydrogens is 394 g/mol. The number of carbonyl (C=O) groups excluding carboxylic acids is 2. The fourth-order valence-corrected chi connectivity index (χ4v) is 3.49. The van der Waals surface area contributed by atoms with Crippen LogP contribution in [0.1, 0.15) is 0 Å². The fraction of sp³-hybridized carbons (Fsp3) is 0.350. The second-order valence-electron chi connectivity index (χ2n) is 6.70. The molecule has 0 unspecified atom stereocenters. The standard InChI is InChI=1S/C20H24ClN5O3/c1-4-19(27)25-5-7-26(8-6-25)20(28)12-22-17-9-15(14-11-23-24(2)13-14)16(21)10-18(17)29-3/h4,9-11,13,22H,1,5-8,12H2,2-3H3. The highest BCUT2D eigenvalue weighted by atomic mass is 35.5. The van der Waals surface area contributed by atoms with Gasteiger partial charge in [-0.2, -0.15) is 5.10 Å². The van der Waals surface area contributed by atoms with Crippen LogP contribution >= 0.6 is 11.6 Å². The largest absolute Gasteiger partial charge is 0.495 e. The molecule has 0 bridgehead atoms. The lowest BCUT2D eigenvalue weighted by atomic mass is 10.1. The molecule has 0 spiro atoms. The van der Waals surface area contributed by atoms with Gasteiger partial charge in [0.1, 0.15) is 5.75 Å². The van der Waals surface area contributed by atoms with E-state index in [1.807, 2.05) is 19.3 Å². The van der Waals surface area contributed by atoms with Gasteiger partial charge in [-0.05, 0) is 12.1 Å². The number of aromatic nitrogens is 2. The Balaban J connectivity index is 1.67. The van der Waals surface area contributed by atoms with E-state index in [4.69, 9.17) is 16.3 Å². The average Bonchev–Trinajstić information content (AvgIpc) is 3.17. The van der Waals surface area contributed by atoms with Gasteiger partial charge in [0.15, 0.2) is 0 Å². The van der Waals surface area contributed by atoms with Crippen molar-refractivity contribution in [2.75, 3.05) is 45.2 Å². The molecule has 1 fully saturated rings. The van der Waals surface area contributed by atoms with Gasteiger partial charge < -0.3 is 19.9 Å². The Hall–Kier alpha value is -3.00. The van der Waals surface area contributed by atoms with Gasteiger partial charge in [-0.15, -0.1) is 0 Å². The number of carbonyl (C=O) groups is 2. The van der Waals surface area contributed by atoms with Crippen LogP contribution in [-0.2, 0) is 16.6 Å². The first-order valence-corrected chi connectivity index (χ1v) is 9.60. The third kappa shape index (κ3) is 4.71. The minimum Gasteiger partial charge on any atom is -0.495 e. The van der Waals surface area contributed by atoms with Crippen molar-refractivity contribution in [1.29, 1.82) is 0 Å². The molecule has 1 N–H and O–H groups in total. The number of nitrogens with zero attached hydrogens (tertiary/aromatic N) is 4. The third-order valence-electron chi connectivity index (χ3n) is 4.85. The van der Waals surface area contributed by atoms with Crippen LogP contribution in [0.4, 0.5) is 5.69 Å². The van der Waals surface area contributed by atoms with Crippen molar-refractivity contribution in [3.05, 3.63) is 42.2 Å². The molecule has 0 atom stereocenters. The smallest absolute Gasteiger partial charge is 0.246 e. The molecule has 2 amide bonds. The number of hydrogen-bond acceptors (Lipinski definition) is 5. The van der Waals surface area contributed by atoms with Crippen molar-refractivity contribution in [2.24, 2.45) is 7.05 Å². The Bertz CT molecular complexity index is 919. The number of rotatable bonds is 6. The number of anilines is 1. The number of ether oxygens (including phenoxy) is 1. The van der Waals surface area contributed by atoms with Crippen LogP contribution in [0, 0.1) is 0 Å². The Morgan fingerprint density at radius 1 is 1.28 bits per heavy atom. The molecule has 2 heterocycles. The van der Waals surface area contributed by atoms with Gasteiger partial charge in [0.2, 0.25) is 11.8 Å². The lowest BCUT2D eigenvalue weighted by molar-refractivity contribution is -0.135. The lowest BCUT2D eigenvalue weighted by Crippen LogP contribution is -2.51. The molecular formula is C20H24ClN5O3. The third-order valence-corrected chi connectivity index (χ3v) is 5.17. The van der Waals surface area contributed by atoms with Gasteiger partial charge in [-0.3, -0.25) is 14.3 Å². The first-order chi connectivity index (χ1) is 13.9. The second-order valence-corrected chi connectivity index (χ2v) is 7.11. The van der Waals surface area contributed by atoms with Crippen LogP contribution in [0.25, 0.3) is 11.1 Å². The number of amides is 2. The SMILES string of the molecule is C=CC(=O)N1CCN(C(=O)CNc2cc(-c3cnn(C)c3)c(Cl)cc2OC)CC1. The van der Waals surface area contributed by atoms with E-state index in [2.05, 4.69) is 17.0 Å². The Labute approximate surface area is 174 Å². The molecule has 29 heavy (non-hydrogen) atoms. The zero-order chi connectivity index (χ0) is 21.0. The van der Waals surface area contributed by atoms with E-state index < -0.39 is 0 Å². The number of benzene rings is 1. The Morgan fingerprint density at radius 3 is 2.55 bits per heavy atom. The van der Waals surface area contributed by atoms with E-state index in [0.717, 1.165) is 11.1 Å². The van der Waals surface area contributed by atoms with E-state index in [1.165, 1.54) is 6.08 Å². The minimum atomic E-state index is -0.107. The van der Waals surface area contributed by atoms with Crippen molar-refractivity contribution >= 4 is 29.1 Å². The zero-order valence-corrected chi connectivity index (χ0v) is 17.3. The molecule has 9 heteroatoms. The van der Waals surface area contributed by atoms with E-state index in [0.29, 0.717) is 42.6 Å². The van der Waals surface area contributed by atoms with Crippen molar-refractivity contribution < 1.29 is 14.3 Å². The van der Waals surface area contributed by atoms with E-state index in [-0.39, 0.29) is 18.4 Å². The first-order valence-electron chi connectivity index (χ1n) is 9.22. The number of halogens is 1. The monoisotopic (exact) mass is 417 g/mol. The highest BCUT2D eigenvalue weighted by molar-refractivity contribution is 6.33. The van der Waals surface area contributed by atoms with E-state index in [9.17, 15) is 9.59 Å². The van der Waals surface area contributed by atoms with E-state index >= 15 is 0 Å². The van der Waals surface area contributed by atoms with Gasteiger partial charge in [-0.1, -0.05) is 18.2 Å². The molecule has 2 aromatic rings. The van der Waals surface area contributed by atoms with Gasteiger partial charge >= 0.3 is 0 Å². The Kier molecular flexibility index (Phi) is 6.43. The summed E-state index contributed by atoms with van der Waals surface area (Å²) in [5.41, 5.74) is 2.34. The Morgan fingerprint density at radius 2 is 1.97 bits per heavy atom. The van der Waals surface area contributed by atoms with Crippen molar-refractivity contribution in [1.82, 2.24) is 19.6 Å². The molecule has 0 aliphatic carbocycles. The predicted octanol–water partition coefficient (Wildman–Crippen LogP) is 2.02. The van der Waals surface area contributed by atoms with E-state index in [1.54, 1.807) is 33.9 Å². The topological polar surface area (TPSA) is 79.7 Å². The highest BCUT2D eigenvalue weighted by Crippen LogP contribution is 2.36. The summed E-state index contributed by atoms with van der Waals surface area (Å²) in [7, 11) is 3.39. The number of aryl methyl sites for hydroxylation is 1. The summed E-state index contributed by atoms with van der Waals surface area (Å²) in [5.74, 6) is 0.400. The van der Waals surface area contributed by atoms with Gasteiger partial charge in [0.05, 0.1) is 30.6 Å². The molecule has 1 aliphatic heterocycles.